The summed E-state index contributed by atoms with van der Waals surface area (Å²) in [4.78, 5) is 4.35. The summed E-state index contributed by atoms with van der Waals surface area (Å²) in [5.41, 5.74) is 1.91. The molecule has 162 valence electrons. The Labute approximate surface area is 188 Å². The summed E-state index contributed by atoms with van der Waals surface area (Å²) in [6.07, 6.45) is -0.586. The van der Waals surface area contributed by atoms with Crippen LogP contribution in [0.1, 0.15) is 5.56 Å². The van der Waals surface area contributed by atoms with Crippen LogP contribution in [0, 0.1) is 6.92 Å². The van der Waals surface area contributed by atoms with Crippen LogP contribution in [0.15, 0.2) is 42.5 Å². The van der Waals surface area contributed by atoms with Crippen LogP contribution in [0.25, 0.3) is 0 Å². The van der Waals surface area contributed by atoms with E-state index >= 15 is 0 Å². The zero-order valence-corrected chi connectivity index (χ0v) is 18.9. The Morgan fingerprint density at radius 2 is 1.83 bits per heavy atom. The third-order valence-electron chi connectivity index (χ3n) is 5.08. The number of para-hydroxylation sites is 3. The van der Waals surface area contributed by atoms with Gasteiger partial charge in [-0.2, -0.15) is 0 Å². The third-order valence-corrected chi connectivity index (χ3v) is 5.76. The maximum Gasteiger partial charge on any atom is 0.173 e. The molecule has 0 bridgehead atoms. The molecule has 1 aliphatic rings. The molecule has 1 fully saturated rings. The number of thiocarbonyl (C=S) groups is 1. The smallest absolute Gasteiger partial charge is 0.173 e. The van der Waals surface area contributed by atoms with E-state index in [0.29, 0.717) is 28.2 Å². The number of β-amino-alcohol motifs (C(OH)–C–C–N with tert-alkyl or cyclic N) is 1. The summed E-state index contributed by atoms with van der Waals surface area (Å²) >= 11 is 11.9. The van der Waals surface area contributed by atoms with Crippen LogP contribution in [0.3, 0.4) is 0 Å². The van der Waals surface area contributed by atoms with Gasteiger partial charge in [0.1, 0.15) is 12.7 Å². The molecule has 1 heterocycles. The van der Waals surface area contributed by atoms with Gasteiger partial charge in [-0.25, -0.2) is 0 Å². The Bertz CT molecular complexity index is 839. The van der Waals surface area contributed by atoms with E-state index in [9.17, 15) is 5.11 Å². The van der Waals surface area contributed by atoms with E-state index in [1.807, 2.05) is 49.4 Å². The van der Waals surface area contributed by atoms with Crippen molar-refractivity contribution in [2.24, 2.45) is 0 Å². The maximum absolute atomic E-state index is 10.4. The Morgan fingerprint density at radius 1 is 1.13 bits per heavy atom. The highest BCUT2D eigenvalue weighted by Crippen LogP contribution is 2.26. The van der Waals surface area contributed by atoms with Gasteiger partial charge in [-0.15, -0.1) is 0 Å². The SMILES string of the molecule is COc1ccccc1OC[C@H](O)CN1CCN(C(=S)Nc2c(C)cccc2Cl)CC1. The number of methoxy groups -OCH3 is 1. The van der Waals surface area contributed by atoms with Crippen molar-refractivity contribution in [1.82, 2.24) is 9.80 Å². The van der Waals surface area contributed by atoms with Crippen LogP contribution in [0.2, 0.25) is 5.02 Å². The van der Waals surface area contributed by atoms with Crippen molar-refractivity contribution in [2.45, 2.75) is 13.0 Å². The lowest BCUT2D eigenvalue weighted by Crippen LogP contribution is -2.51. The number of aryl methyl sites for hydroxylation is 1. The molecule has 3 rings (SSSR count). The van der Waals surface area contributed by atoms with Gasteiger partial charge < -0.3 is 24.8 Å². The molecule has 0 amide bonds. The monoisotopic (exact) mass is 449 g/mol. The van der Waals surface area contributed by atoms with Gasteiger partial charge in [0.15, 0.2) is 16.6 Å². The summed E-state index contributed by atoms with van der Waals surface area (Å²) < 4.78 is 11.0. The van der Waals surface area contributed by atoms with E-state index in [4.69, 9.17) is 33.3 Å². The second-order valence-electron chi connectivity index (χ2n) is 7.27. The van der Waals surface area contributed by atoms with Crippen molar-refractivity contribution < 1.29 is 14.6 Å². The fraction of sp³-hybridized carbons (Fsp3) is 0.409. The van der Waals surface area contributed by atoms with Crippen LogP contribution < -0.4 is 14.8 Å². The Morgan fingerprint density at radius 3 is 2.50 bits per heavy atom. The zero-order chi connectivity index (χ0) is 21.5. The first-order valence-corrected chi connectivity index (χ1v) is 10.7. The quantitative estimate of drug-likeness (QED) is 0.628. The number of ether oxygens (including phenoxy) is 2. The molecule has 1 saturated heterocycles. The second-order valence-corrected chi connectivity index (χ2v) is 8.06. The number of hydrogen-bond donors (Lipinski definition) is 2. The maximum atomic E-state index is 10.4. The number of benzene rings is 2. The standard InChI is InChI=1S/C22H28ClN3O3S/c1-16-6-5-7-18(23)21(16)24-22(30)26-12-10-25(11-13-26)14-17(27)15-29-20-9-4-3-8-19(20)28-2/h3-9,17,27H,10-15H2,1-2H3,(H,24,30)/t17-/m1/s1. The van der Waals surface area contributed by atoms with E-state index in [1.165, 1.54) is 0 Å². The van der Waals surface area contributed by atoms with Gasteiger partial charge in [0.25, 0.3) is 0 Å². The first-order valence-electron chi connectivity index (χ1n) is 9.95. The number of piperazine rings is 1. The molecule has 0 aromatic heterocycles. The minimum Gasteiger partial charge on any atom is -0.493 e. The molecule has 0 radical (unpaired) electrons. The van der Waals surface area contributed by atoms with Gasteiger partial charge in [0.2, 0.25) is 0 Å². The normalized spacial score (nSPS) is 15.5. The number of aliphatic hydroxyl groups excluding tert-OH is 1. The molecular weight excluding hydrogens is 422 g/mol. The molecule has 2 N–H and O–H groups in total. The number of aliphatic hydroxyl groups is 1. The number of nitrogens with zero attached hydrogens (tertiary/aromatic N) is 2. The number of anilines is 1. The van der Waals surface area contributed by atoms with Crippen LogP contribution in [0.4, 0.5) is 5.69 Å². The first kappa shape index (κ1) is 22.6. The average molecular weight is 450 g/mol. The Kier molecular flexibility index (Phi) is 8.16. The first-order chi connectivity index (χ1) is 14.5. The molecule has 8 heteroatoms. The zero-order valence-electron chi connectivity index (χ0n) is 17.3. The molecular formula is C22H28ClN3O3S. The van der Waals surface area contributed by atoms with Gasteiger partial charge in [-0.1, -0.05) is 35.9 Å². The van der Waals surface area contributed by atoms with Crippen molar-refractivity contribution >= 4 is 34.6 Å². The van der Waals surface area contributed by atoms with E-state index in [-0.39, 0.29) is 6.61 Å². The van der Waals surface area contributed by atoms with Crippen LogP contribution >= 0.6 is 23.8 Å². The van der Waals surface area contributed by atoms with Crippen molar-refractivity contribution in [2.75, 3.05) is 51.8 Å². The molecule has 2 aromatic carbocycles. The topological polar surface area (TPSA) is 57.2 Å². The summed E-state index contributed by atoms with van der Waals surface area (Å²) in [7, 11) is 1.60. The number of nitrogens with one attached hydrogen (secondary N) is 1. The lowest BCUT2D eigenvalue weighted by molar-refractivity contribution is 0.0550. The Balaban J connectivity index is 1.43. The lowest BCUT2D eigenvalue weighted by atomic mass is 10.2. The summed E-state index contributed by atoms with van der Waals surface area (Å²) in [5.74, 6) is 1.29. The van der Waals surface area contributed by atoms with Gasteiger partial charge in [-0.3, -0.25) is 4.90 Å². The van der Waals surface area contributed by atoms with Crippen molar-refractivity contribution in [3.05, 3.63) is 53.1 Å². The molecule has 1 atom stereocenters. The molecule has 0 unspecified atom stereocenters. The van der Waals surface area contributed by atoms with Crippen molar-refractivity contribution in [3.8, 4) is 11.5 Å². The number of rotatable bonds is 7. The third kappa shape index (κ3) is 5.98. The van der Waals surface area contributed by atoms with E-state index < -0.39 is 6.10 Å². The summed E-state index contributed by atoms with van der Waals surface area (Å²) in [5, 5.41) is 15.0. The molecule has 0 aliphatic carbocycles. The lowest BCUT2D eigenvalue weighted by Gasteiger charge is -2.37. The number of halogens is 1. The highest BCUT2D eigenvalue weighted by molar-refractivity contribution is 7.80. The summed E-state index contributed by atoms with van der Waals surface area (Å²) in [6, 6.07) is 13.2. The molecule has 1 aliphatic heterocycles. The highest BCUT2D eigenvalue weighted by atomic mass is 35.5. The minimum absolute atomic E-state index is 0.215. The predicted octanol–water partition coefficient (Wildman–Crippen LogP) is 3.41. The van der Waals surface area contributed by atoms with E-state index in [1.54, 1.807) is 7.11 Å². The van der Waals surface area contributed by atoms with Crippen LogP contribution in [-0.4, -0.2) is 72.6 Å². The van der Waals surface area contributed by atoms with Gasteiger partial charge in [0.05, 0.1) is 17.8 Å². The molecule has 0 spiro atoms. The molecule has 0 saturated carbocycles. The molecule has 6 nitrogen and oxygen atoms in total. The Hall–Kier alpha value is -2.06. The fourth-order valence-corrected chi connectivity index (χ4v) is 3.94. The van der Waals surface area contributed by atoms with Crippen molar-refractivity contribution in [3.63, 3.8) is 0 Å². The number of hydrogen-bond acceptors (Lipinski definition) is 5. The van der Waals surface area contributed by atoms with Gasteiger partial charge in [-0.05, 0) is 42.9 Å². The van der Waals surface area contributed by atoms with Crippen molar-refractivity contribution in [1.29, 1.82) is 0 Å². The predicted molar refractivity (Wildman–Crippen MR) is 125 cm³/mol. The van der Waals surface area contributed by atoms with E-state index in [2.05, 4.69) is 15.1 Å². The largest absolute Gasteiger partial charge is 0.493 e. The van der Waals surface area contributed by atoms with E-state index in [0.717, 1.165) is 37.4 Å². The minimum atomic E-state index is -0.586. The molecule has 30 heavy (non-hydrogen) atoms. The van der Waals surface area contributed by atoms with Gasteiger partial charge in [0, 0.05) is 32.7 Å². The fourth-order valence-electron chi connectivity index (χ4n) is 3.38. The van der Waals surface area contributed by atoms with Gasteiger partial charge >= 0.3 is 0 Å². The second kappa shape index (κ2) is 10.8. The molecule has 2 aromatic rings. The van der Waals surface area contributed by atoms with Crippen LogP contribution in [-0.2, 0) is 0 Å². The highest BCUT2D eigenvalue weighted by Gasteiger charge is 2.22. The average Bonchev–Trinajstić information content (AvgIpc) is 2.75. The summed E-state index contributed by atoms with van der Waals surface area (Å²) in [6.45, 7) is 5.97. The van der Waals surface area contributed by atoms with Crippen LogP contribution in [0.5, 0.6) is 11.5 Å².